The third-order valence-electron chi connectivity index (χ3n) is 2.84. The minimum Gasteiger partial charge on any atom is -0.422 e. The minimum atomic E-state index is -0.278. The number of rotatable bonds is 1. The van der Waals surface area contributed by atoms with Crippen molar-refractivity contribution in [2.75, 3.05) is 0 Å². The summed E-state index contributed by atoms with van der Waals surface area (Å²) in [6.45, 7) is 0. The molecule has 0 spiro atoms. The Labute approximate surface area is 106 Å². The van der Waals surface area contributed by atoms with Gasteiger partial charge < -0.3 is 4.42 Å². The van der Waals surface area contributed by atoms with Crippen molar-refractivity contribution in [3.63, 3.8) is 0 Å². The summed E-state index contributed by atoms with van der Waals surface area (Å²) in [5.41, 5.74) is 1.46. The van der Waals surface area contributed by atoms with E-state index >= 15 is 0 Å². The van der Waals surface area contributed by atoms with E-state index in [2.05, 4.69) is 15.9 Å². The van der Waals surface area contributed by atoms with Gasteiger partial charge in [0.15, 0.2) is 0 Å². The maximum absolute atomic E-state index is 11.8. The quantitative estimate of drug-likeness (QED) is 0.387. The predicted molar refractivity (Wildman–Crippen MR) is 72.6 cm³/mol. The average Bonchev–Trinajstić information content (AvgIpc) is 2.38. The highest BCUT2D eigenvalue weighted by Crippen LogP contribution is 2.24. The van der Waals surface area contributed by atoms with Crippen molar-refractivity contribution in [2.24, 2.45) is 0 Å². The molecule has 0 fully saturated rings. The molecular formula is C14H9BrO2. The summed E-state index contributed by atoms with van der Waals surface area (Å²) >= 11 is 3.39. The van der Waals surface area contributed by atoms with Crippen LogP contribution in [0.1, 0.15) is 5.56 Å². The highest BCUT2D eigenvalue weighted by Gasteiger charge is 2.06. The van der Waals surface area contributed by atoms with Crippen LogP contribution in [0, 0.1) is 0 Å². The molecule has 0 aliphatic carbocycles. The first-order valence-electron chi connectivity index (χ1n) is 5.30. The maximum Gasteiger partial charge on any atom is 0.344 e. The van der Waals surface area contributed by atoms with Gasteiger partial charge in [0.25, 0.3) is 0 Å². The molecule has 0 bridgehead atoms. The van der Waals surface area contributed by atoms with Crippen molar-refractivity contribution >= 4 is 37.7 Å². The summed E-state index contributed by atoms with van der Waals surface area (Å²) in [5, 5.41) is 3.30. The third kappa shape index (κ3) is 1.67. The monoisotopic (exact) mass is 288 g/mol. The molecule has 1 heterocycles. The highest BCUT2D eigenvalue weighted by molar-refractivity contribution is 9.08. The van der Waals surface area contributed by atoms with Gasteiger partial charge in [0.1, 0.15) is 5.58 Å². The SMILES string of the molecule is O=c1oc2cc(CBr)ccc2c2ccccc12. The van der Waals surface area contributed by atoms with Crippen LogP contribution in [0.3, 0.4) is 0 Å². The molecule has 2 aromatic carbocycles. The topological polar surface area (TPSA) is 30.2 Å². The number of hydrogen-bond donors (Lipinski definition) is 0. The molecule has 2 nitrogen and oxygen atoms in total. The van der Waals surface area contributed by atoms with Gasteiger partial charge in [0, 0.05) is 10.7 Å². The first-order chi connectivity index (χ1) is 8.29. The van der Waals surface area contributed by atoms with Crippen LogP contribution in [0.5, 0.6) is 0 Å². The summed E-state index contributed by atoms with van der Waals surface area (Å²) < 4.78 is 5.34. The number of benzene rings is 2. The molecule has 0 amide bonds. The second kappa shape index (κ2) is 4.00. The number of alkyl halides is 1. The Kier molecular flexibility index (Phi) is 2.48. The first kappa shape index (κ1) is 10.5. The lowest BCUT2D eigenvalue weighted by atomic mass is 10.1. The number of fused-ring (bicyclic) bond motifs is 3. The molecule has 0 saturated heterocycles. The van der Waals surface area contributed by atoms with Crippen LogP contribution >= 0.6 is 15.9 Å². The molecule has 17 heavy (non-hydrogen) atoms. The van der Waals surface area contributed by atoms with Gasteiger partial charge in [-0.05, 0) is 23.1 Å². The second-order valence-corrected chi connectivity index (χ2v) is 4.46. The molecular weight excluding hydrogens is 280 g/mol. The standard InChI is InChI=1S/C14H9BrO2/c15-8-9-5-6-11-10-3-1-2-4-12(10)14(16)17-13(11)7-9/h1-7H,8H2. The molecule has 0 radical (unpaired) electrons. The lowest BCUT2D eigenvalue weighted by Crippen LogP contribution is -1.99. The van der Waals surface area contributed by atoms with Crippen LogP contribution in [-0.2, 0) is 5.33 Å². The zero-order valence-corrected chi connectivity index (χ0v) is 10.5. The van der Waals surface area contributed by atoms with Gasteiger partial charge >= 0.3 is 5.63 Å². The normalized spacial score (nSPS) is 11.1. The summed E-state index contributed by atoms with van der Waals surface area (Å²) in [6.07, 6.45) is 0. The fourth-order valence-electron chi connectivity index (χ4n) is 2.01. The summed E-state index contributed by atoms with van der Waals surface area (Å²) in [7, 11) is 0. The van der Waals surface area contributed by atoms with Crippen molar-refractivity contribution in [1.82, 2.24) is 0 Å². The van der Waals surface area contributed by atoms with Crippen LogP contribution in [0.2, 0.25) is 0 Å². The van der Waals surface area contributed by atoms with Crippen molar-refractivity contribution in [2.45, 2.75) is 5.33 Å². The molecule has 0 atom stereocenters. The fraction of sp³-hybridized carbons (Fsp3) is 0.0714. The molecule has 1 aromatic heterocycles. The van der Waals surface area contributed by atoms with Crippen LogP contribution in [0.25, 0.3) is 21.7 Å². The van der Waals surface area contributed by atoms with E-state index in [4.69, 9.17) is 4.42 Å². The summed E-state index contributed by atoms with van der Waals surface area (Å²) in [4.78, 5) is 11.8. The van der Waals surface area contributed by atoms with Crippen molar-refractivity contribution in [1.29, 1.82) is 0 Å². The van der Waals surface area contributed by atoms with Gasteiger partial charge in [-0.2, -0.15) is 0 Å². The van der Waals surface area contributed by atoms with E-state index in [1.165, 1.54) is 0 Å². The highest BCUT2D eigenvalue weighted by atomic mass is 79.9. The van der Waals surface area contributed by atoms with Crippen LogP contribution in [-0.4, -0.2) is 0 Å². The van der Waals surface area contributed by atoms with E-state index in [9.17, 15) is 4.79 Å². The van der Waals surface area contributed by atoms with Gasteiger partial charge in [-0.3, -0.25) is 0 Å². The van der Waals surface area contributed by atoms with E-state index in [1.54, 1.807) is 6.07 Å². The molecule has 3 rings (SSSR count). The largest absolute Gasteiger partial charge is 0.422 e. The lowest BCUT2D eigenvalue weighted by molar-refractivity contribution is 0.569. The maximum atomic E-state index is 11.8. The second-order valence-electron chi connectivity index (χ2n) is 3.90. The smallest absolute Gasteiger partial charge is 0.344 e. The Balaban J connectivity index is 2.53. The van der Waals surface area contributed by atoms with Crippen LogP contribution in [0.4, 0.5) is 0 Å². The molecule has 0 aliphatic heterocycles. The van der Waals surface area contributed by atoms with Crippen LogP contribution < -0.4 is 5.63 Å². The van der Waals surface area contributed by atoms with Gasteiger partial charge in [-0.15, -0.1) is 0 Å². The third-order valence-corrected chi connectivity index (χ3v) is 3.49. The van der Waals surface area contributed by atoms with Crippen LogP contribution in [0.15, 0.2) is 51.7 Å². The van der Waals surface area contributed by atoms with Crippen molar-refractivity contribution in [3.8, 4) is 0 Å². The van der Waals surface area contributed by atoms with E-state index in [0.717, 1.165) is 21.7 Å². The first-order valence-corrected chi connectivity index (χ1v) is 6.42. The molecule has 0 unspecified atom stereocenters. The molecule has 0 aliphatic rings. The number of halogens is 1. The van der Waals surface area contributed by atoms with E-state index in [0.29, 0.717) is 11.0 Å². The van der Waals surface area contributed by atoms with Gasteiger partial charge in [0.2, 0.25) is 0 Å². The average molecular weight is 289 g/mol. The molecule has 3 heteroatoms. The summed E-state index contributed by atoms with van der Waals surface area (Å²) in [6, 6.07) is 13.4. The zero-order valence-electron chi connectivity index (χ0n) is 8.94. The molecule has 0 N–H and O–H groups in total. The van der Waals surface area contributed by atoms with Gasteiger partial charge in [-0.1, -0.05) is 46.3 Å². The lowest BCUT2D eigenvalue weighted by Gasteiger charge is -2.03. The summed E-state index contributed by atoms with van der Waals surface area (Å²) in [5.74, 6) is 0. The van der Waals surface area contributed by atoms with Crippen molar-refractivity contribution < 1.29 is 4.42 Å². The van der Waals surface area contributed by atoms with Gasteiger partial charge in [0.05, 0.1) is 5.39 Å². The molecule has 0 saturated carbocycles. The molecule has 3 aromatic rings. The fourth-order valence-corrected chi connectivity index (χ4v) is 2.36. The Morgan fingerprint density at radius 1 is 1.00 bits per heavy atom. The Morgan fingerprint density at radius 2 is 1.76 bits per heavy atom. The zero-order chi connectivity index (χ0) is 11.8. The Morgan fingerprint density at radius 3 is 2.53 bits per heavy atom. The Hall–Kier alpha value is -1.61. The van der Waals surface area contributed by atoms with Gasteiger partial charge in [-0.25, -0.2) is 4.79 Å². The Bertz CT molecular complexity index is 759. The van der Waals surface area contributed by atoms with E-state index < -0.39 is 0 Å². The van der Waals surface area contributed by atoms with E-state index in [-0.39, 0.29) is 5.63 Å². The van der Waals surface area contributed by atoms with Crippen molar-refractivity contribution in [3.05, 3.63) is 58.4 Å². The van der Waals surface area contributed by atoms with E-state index in [1.807, 2.05) is 36.4 Å². The molecule has 84 valence electrons. The number of hydrogen-bond acceptors (Lipinski definition) is 2. The minimum absolute atomic E-state index is 0.278. The predicted octanol–water partition coefficient (Wildman–Crippen LogP) is 3.84.